The van der Waals surface area contributed by atoms with Crippen LogP contribution in [0.4, 0.5) is 10.7 Å². The van der Waals surface area contributed by atoms with Crippen LogP contribution in [-0.2, 0) is 6.54 Å². The van der Waals surface area contributed by atoms with Gasteiger partial charge in [-0.2, -0.15) is 4.37 Å². The maximum absolute atomic E-state index is 5.65. The van der Waals surface area contributed by atoms with Gasteiger partial charge in [0.2, 0.25) is 0 Å². The number of rotatable bonds is 3. The highest BCUT2D eigenvalue weighted by Gasteiger charge is 2.05. The second kappa shape index (κ2) is 4.76. The first-order valence-electron chi connectivity index (χ1n) is 5.77. The number of nitrogens with two attached hydrogens (primary N) is 1. The van der Waals surface area contributed by atoms with Crippen LogP contribution >= 0.6 is 11.5 Å². The Morgan fingerprint density at radius 2 is 2.00 bits per heavy atom. The summed E-state index contributed by atoms with van der Waals surface area (Å²) in [5, 5.41) is 5.62. The molecule has 4 heteroatoms. The van der Waals surface area contributed by atoms with Gasteiger partial charge in [0.25, 0.3) is 0 Å². The van der Waals surface area contributed by atoms with E-state index in [-0.39, 0.29) is 0 Å². The Balaban J connectivity index is 1.96. The molecular formula is C14H13N3S. The van der Waals surface area contributed by atoms with E-state index in [1.54, 1.807) is 0 Å². The SMILES string of the molecule is NCc1cccc(Nc2snc3ccccc23)c1. The lowest BCUT2D eigenvalue weighted by Crippen LogP contribution is -1.97. The molecule has 3 rings (SSSR count). The second-order valence-electron chi connectivity index (χ2n) is 4.06. The van der Waals surface area contributed by atoms with E-state index < -0.39 is 0 Å². The van der Waals surface area contributed by atoms with Gasteiger partial charge in [0.05, 0.1) is 5.52 Å². The Morgan fingerprint density at radius 1 is 1.11 bits per heavy atom. The molecule has 18 heavy (non-hydrogen) atoms. The van der Waals surface area contributed by atoms with Crippen LogP contribution in [0.3, 0.4) is 0 Å². The Morgan fingerprint density at radius 3 is 2.89 bits per heavy atom. The summed E-state index contributed by atoms with van der Waals surface area (Å²) in [6.07, 6.45) is 0. The van der Waals surface area contributed by atoms with E-state index in [0.717, 1.165) is 27.2 Å². The third kappa shape index (κ3) is 2.08. The van der Waals surface area contributed by atoms with Gasteiger partial charge in [-0.15, -0.1) is 0 Å². The van der Waals surface area contributed by atoms with Crippen molar-refractivity contribution < 1.29 is 0 Å². The molecule has 3 aromatic rings. The minimum Gasteiger partial charge on any atom is -0.345 e. The van der Waals surface area contributed by atoms with Crippen LogP contribution in [-0.4, -0.2) is 4.37 Å². The highest BCUT2D eigenvalue weighted by molar-refractivity contribution is 7.11. The Labute approximate surface area is 109 Å². The van der Waals surface area contributed by atoms with Crippen molar-refractivity contribution in [2.45, 2.75) is 6.54 Å². The van der Waals surface area contributed by atoms with Crippen molar-refractivity contribution in [2.24, 2.45) is 5.73 Å². The maximum Gasteiger partial charge on any atom is 0.121 e. The summed E-state index contributed by atoms with van der Waals surface area (Å²) in [5.74, 6) is 0. The molecule has 0 atom stereocenters. The number of anilines is 2. The monoisotopic (exact) mass is 255 g/mol. The zero-order valence-corrected chi connectivity index (χ0v) is 10.6. The predicted molar refractivity (Wildman–Crippen MR) is 77.2 cm³/mol. The molecule has 3 nitrogen and oxygen atoms in total. The van der Waals surface area contributed by atoms with Gasteiger partial charge in [0, 0.05) is 17.6 Å². The fourth-order valence-electron chi connectivity index (χ4n) is 1.89. The van der Waals surface area contributed by atoms with Crippen LogP contribution in [0.1, 0.15) is 5.56 Å². The van der Waals surface area contributed by atoms with Crippen molar-refractivity contribution in [3.63, 3.8) is 0 Å². The fraction of sp³-hybridized carbons (Fsp3) is 0.0714. The maximum atomic E-state index is 5.65. The van der Waals surface area contributed by atoms with Crippen molar-refractivity contribution in [2.75, 3.05) is 5.32 Å². The minimum atomic E-state index is 0.555. The lowest BCUT2D eigenvalue weighted by Gasteiger charge is -2.05. The first-order valence-corrected chi connectivity index (χ1v) is 6.54. The van der Waals surface area contributed by atoms with Gasteiger partial charge < -0.3 is 11.1 Å². The fourth-order valence-corrected chi connectivity index (χ4v) is 2.67. The molecule has 90 valence electrons. The number of fused-ring (bicyclic) bond motifs is 1. The van der Waals surface area contributed by atoms with E-state index in [2.05, 4.69) is 21.8 Å². The van der Waals surface area contributed by atoms with Crippen molar-refractivity contribution in [3.8, 4) is 0 Å². The van der Waals surface area contributed by atoms with E-state index in [1.165, 1.54) is 11.5 Å². The Hall–Kier alpha value is -1.91. The summed E-state index contributed by atoms with van der Waals surface area (Å²) in [6.45, 7) is 0.555. The predicted octanol–water partition coefficient (Wildman–Crippen LogP) is 3.50. The van der Waals surface area contributed by atoms with E-state index >= 15 is 0 Å². The van der Waals surface area contributed by atoms with Crippen LogP contribution in [0, 0.1) is 0 Å². The van der Waals surface area contributed by atoms with Crippen LogP contribution in [0.2, 0.25) is 0 Å². The summed E-state index contributed by atoms with van der Waals surface area (Å²) in [7, 11) is 0. The number of aromatic nitrogens is 1. The van der Waals surface area contributed by atoms with Crippen LogP contribution in [0.5, 0.6) is 0 Å². The molecule has 0 saturated carbocycles. The molecule has 0 saturated heterocycles. The van der Waals surface area contributed by atoms with Gasteiger partial charge >= 0.3 is 0 Å². The third-order valence-corrected chi connectivity index (χ3v) is 3.60. The van der Waals surface area contributed by atoms with E-state index in [1.807, 2.05) is 36.4 Å². The number of nitrogens with zero attached hydrogens (tertiary/aromatic N) is 1. The van der Waals surface area contributed by atoms with Crippen molar-refractivity contribution in [1.82, 2.24) is 4.37 Å². The molecule has 0 aliphatic heterocycles. The third-order valence-electron chi connectivity index (χ3n) is 2.80. The smallest absolute Gasteiger partial charge is 0.121 e. The van der Waals surface area contributed by atoms with Gasteiger partial charge in [-0.05, 0) is 41.4 Å². The number of hydrogen-bond donors (Lipinski definition) is 2. The second-order valence-corrected chi connectivity index (χ2v) is 4.83. The quantitative estimate of drug-likeness (QED) is 0.753. The van der Waals surface area contributed by atoms with Crippen molar-refractivity contribution in [1.29, 1.82) is 0 Å². The van der Waals surface area contributed by atoms with Crippen LogP contribution in [0.25, 0.3) is 10.9 Å². The first-order chi connectivity index (χ1) is 8.86. The molecule has 0 aliphatic carbocycles. The van der Waals surface area contributed by atoms with Crippen LogP contribution in [0.15, 0.2) is 48.5 Å². The molecule has 0 aliphatic rings. The largest absolute Gasteiger partial charge is 0.345 e. The average molecular weight is 255 g/mol. The van der Waals surface area contributed by atoms with Gasteiger partial charge in [0.15, 0.2) is 0 Å². The standard InChI is InChI=1S/C14H13N3S/c15-9-10-4-3-5-11(8-10)16-14-12-6-1-2-7-13(12)17-18-14/h1-8,16H,9,15H2. The summed E-state index contributed by atoms with van der Waals surface area (Å²) < 4.78 is 4.41. The van der Waals surface area contributed by atoms with E-state index in [0.29, 0.717) is 6.54 Å². The van der Waals surface area contributed by atoms with Gasteiger partial charge in [-0.3, -0.25) is 0 Å². The average Bonchev–Trinajstić information content (AvgIpc) is 2.83. The number of hydrogen-bond acceptors (Lipinski definition) is 4. The molecule has 3 N–H and O–H groups in total. The highest BCUT2D eigenvalue weighted by Crippen LogP contribution is 2.30. The molecule has 0 bridgehead atoms. The molecule has 0 spiro atoms. The topological polar surface area (TPSA) is 50.9 Å². The van der Waals surface area contributed by atoms with Crippen LogP contribution < -0.4 is 11.1 Å². The molecule has 0 radical (unpaired) electrons. The molecule has 0 unspecified atom stereocenters. The van der Waals surface area contributed by atoms with Gasteiger partial charge in [-0.1, -0.05) is 24.3 Å². The molecule has 0 amide bonds. The van der Waals surface area contributed by atoms with Gasteiger partial charge in [-0.25, -0.2) is 0 Å². The lowest BCUT2D eigenvalue weighted by atomic mass is 10.2. The summed E-state index contributed by atoms with van der Waals surface area (Å²) >= 11 is 1.48. The minimum absolute atomic E-state index is 0.555. The van der Waals surface area contributed by atoms with Crippen molar-refractivity contribution in [3.05, 3.63) is 54.1 Å². The molecule has 1 aromatic heterocycles. The van der Waals surface area contributed by atoms with Crippen molar-refractivity contribution >= 4 is 33.1 Å². The normalized spacial score (nSPS) is 10.7. The number of benzene rings is 2. The zero-order valence-electron chi connectivity index (χ0n) is 9.76. The summed E-state index contributed by atoms with van der Waals surface area (Å²) in [6, 6.07) is 16.3. The molecule has 0 fully saturated rings. The molecule has 1 heterocycles. The molecule has 2 aromatic carbocycles. The van der Waals surface area contributed by atoms with E-state index in [9.17, 15) is 0 Å². The Kier molecular flexibility index (Phi) is 2.96. The first kappa shape index (κ1) is 11.2. The Bertz CT molecular complexity index is 675. The van der Waals surface area contributed by atoms with E-state index in [4.69, 9.17) is 5.73 Å². The zero-order chi connectivity index (χ0) is 12.4. The summed E-state index contributed by atoms with van der Waals surface area (Å²) in [4.78, 5) is 0. The summed E-state index contributed by atoms with van der Waals surface area (Å²) in [5.41, 5.74) is 8.84. The van der Waals surface area contributed by atoms with Gasteiger partial charge in [0.1, 0.15) is 5.00 Å². The number of nitrogens with one attached hydrogen (secondary N) is 1. The highest BCUT2D eigenvalue weighted by atomic mass is 32.1. The molecular weight excluding hydrogens is 242 g/mol. The lowest BCUT2D eigenvalue weighted by molar-refractivity contribution is 1.07.